The summed E-state index contributed by atoms with van der Waals surface area (Å²) in [5.41, 5.74) is 1.36. The summed E-state index contributed by atoms with van der Waals surface area (Å²) >= 11 is 0. The summed E-state index contributed by atoms with van der Waals surface area (Å²) in [5, 5.41) is 3.27. The normalized spacial score (nSPS) is 15.8. The first-order chi connectivity index (χ1) is 9.27. The largest absolute Gasteiger partial charge is 0.317 e. The SMILES string of the molecule is O=CN(C=O)C(=O)c1ccccc1C1CCNCC1. The minimum atomic E-state index is -0.556. The topological polar surface area (TPSA) is 66.5 Å². The highest BCUT2D eigenvalue weighted by Gasteiger charge is 2.23. The van der Waals surface area contributed by atoms with Crippen LogP contribution in [0.5, 0.6) is 0 Å². The number of hydrogen-bond donors (Lipinski definition) is 1. The quantitative estimate of drug-likeness (QED) is 0.817. The predicted molar refractivity (Wildman–Crippen MR) is 69.6 cm³/mol. The lowest BCUT2D eigenvalue weighted by Gasteiger charge is -2.25. The molecule has 19 heavy (non-hydrogen) atoms. The van der Waals surface area contributed by atoms with Crippen LogP contribution in [-0.4, -0.2) is 36.7 Å². The third-order valence-electron chi connectivity index (χ3n) is 3.43. The minimum absolute atomic E-state index is 0.245. The smallest absolute Gasteiger partial charge is 0.267 e. The number of carbonyl (C=O) groups is 3. The van der Waals surface area contributed by atoms with Gasteiger partial charge in [0.1, 0.15) is 0 Å². The standard InChI is InChI=1S/C14H16N2O3/c17-9-16(10-18)14(19)13-4-2-1-3-12(13)11-5-7-15-8-6-11/h1-4,9-11,15H,5-8H2. The number of nitrogens with one attached hydrogen (secondary N) is 1. The fraction of sp³-hybridized carbons (Fsp3) is 0.357. The maximum atomic E-state index is 12.1. The van der Waals surface area contributed by atoms with Crippen LogP contribution >= 0.6 is 0 Å². The Morgan fingerprint density at radius 3 is 2.42 bits per heavy atom. The highest BCUT2D eigenvalue weighted by molar-refractivity contribution is 6.07. The van der Waals surface area contributed by atoms with Gasteiger partial charge in [-0.3, -0.25) is 14.4 Å². The fourth-order valence-electron chi connectivity index (χ4n) is 2.44. The predicted octanol–water partition coefficient (Wildman–Crippen LogP) is 0.909. The van der Waals surface area contributed by atoms with Crippen molar-refractivity contribution in [2.45, 2.75) is 18.8 Å². The van der Waals surface area contributed by atoms with Gasteiger partial charge in [0.25, 0.3) is 5.91 Å². The van der Waals surface area contributed by atoms with Gasteiger partial charge in [0.05, 0.1) is 0 Å². The molecule has 0 aromatic heterocycles. The molecular weight excluding hydrogens is 244 g/mol. The third kappa shape index (κ3) is 2.88. The molecule has 1 aliphatic heterocycles. The van der Waals surface area contributed by atoms with Crippen molar-refractivity contribution < 1.29 is 14.4 Å². The molecule has 1 saturated heterocycles. The second kappa shape index (κ2) is 6.24. The Morgan fingerprint density at radius 2 is 1.79 bits per heavy atom. The Bertz CT molecular complexity index is 473. The first-order valence-corrected chi connectivity index (χ1v) is 6.31. The summed E-state index contributed by atoms with van der Waals surface area (Å²) in [5.74, 6) is -0.263. The van der Waals surface area contributed by atoms with Gasteiger partial charge in [0.15, 0.2) is 0 Å². The monoisotopic (exact) mass is 260 g/mol. The molecule has 1 aromatic rings. The van der Waals surface area contributed by atoms with Crippen LogP contribution in [0.4, 0.5) is 0 Å². The molecule has 3 amide bonds. The minimum Gasteiger partial charge on any atom is -0.317 e. The molecule has 100 valence electrons. The molecule has 1 aliphatic rings. The van der Waals surface area contributed by atoms with E-state index < -0.39 is 5.91 Å². The van der Waals surface area contributed by atoms with E-state index >= 15 is 0 Å². The van der Waals surface area contributed by atoms with Crippen LogP contribution < -0.4 is 5.32 Å². The van der Waals surface area contributed by atoms with Gasteiger partial charge in [-0.25, -0.2) is 4.90 Å². The van der Waals surface area contributed by atoms with Crippen LogP contribution in [0.3, 0.4) is 0 Å². The molecule has 0 aliphatic carbocycles. The summed E-state index contributed by atoms with van der Waals surface area (Å²) in [7, 11) is 0. The van der Waals surface area contributed by atoms with Crippen molar-refractivity contribution in [2.75, 3.05) is 13.1 Å². The van der Waals surface area contributed by atoms with Gasteiger partial charge in [0, 0.05) is 5.56 Å². The Morgan fingerprint density at radius 1 is 1.16 bits per heavy atom. The molecule has 1 fully saturated rings. The van der Waals surface area contributed by atoms with E-state index in [-0.39, 0.29) is 12.8 Å². The summed E-state index contributed by atoms with van der Waals surface area (Å²) in [6, 6.07) is 7.18. The van der Waals surface area contributed by atoms with Crippen LogP contribution in [-0.2, 0) is 9.59 Å². The van der Waals surface area contributed by atoms with Crippen LogP contribution in [0.2, 0.25) is 0 Å². The second-order valence-electron chi connectivity index (χ2n) is 4.53. The molecule has 1 heterocycles. The number of rotatable bonds is 4. The first kappa shape index (κ1) is 13.4. The van der Waals surface area contributed by atoms with Crippen molar-refractivity contribution in [3.8, 4) is 0 Å². The number of imide groups is 3. The fourth-order valence-corrected chi connectivity index (χ4v) is 2.44. The Hall–Kier alpha value is -2.01. The Balaban J connectivity index is 2.32. The molecule has 1 aromatic carbocycles. The van der Waals surface area contributed by atoms with E-state index in [0.717, 1.165) is 31.5 Å². The molecule has 0 radical (unpaired) electrons. The molecule has 1 N–H and O–H groups in total. The molecule has 0 bridgehead atoms. The van der Waals surface area contributed by atoms with E-state index in [1.54, 1.807) is 12.1 Å². The average molecular weight is 260 g/mol. The summed E-state index contributed by atoms with van der Waals surface area (Å²) in [6.45, 7) is 1.83. The number of benzene rings is 1. The van der Waals surface area contributed by atoms with Crippen LogP contribution in [0, 0.1) is 0 Å². The van der Waals surface area contributed by atoms with Gasteiger partial charge in [0.2, 0.25) is 12.8 Å². The van der Waals surface area contributed by atoms with E-state index in [9.17, 15) is 14.4 Å². The molecule has 5 nitrogen and oxygen atoms in total. The number of nitrogens with zero attached hydrogens (tertiary/aromatic N) is 1. The first-order valence-electron chi connectivity index (χ1n) is 6.31. The van der Waals surface area contributed by atoms with Gasteiger partial charge in [-0.1, -0.05) is 18.2 Å². The van der Waals surface area contributed by atoms with Crippen molar-refractivity contribution in [1.29, 1.82) is 0 Å². The van der Waals surface area contributed by atoms with E-state index in [2.05, 4.69) is 5.32 Å². The van der Waals surface area contributed by atoms with Crippen LogP contribution in [0.15, 0.2) is 24.3 Å². The zero-order valence-electron chi connectivity index (χ0n) is 10.5. The van der Waals surface area contributed by atoms with E-state index in [1.807, 2.05) is 12.1 Å². The number of piperidine rings is 1. The number of hydrogen-bond acceptors (Lipinski definition) is 4. The van der Waals surface area contributed by atoms with Gasteiger partial charge in [-0.05, 0) is 43.5 Å². The highest BCUT2D eigenvalue weighted by atomic mass is 16.2. The van der Waals surface area contributed by atoms with Crippen molar-refractivity contribution >= 4 is 18.7 Å². The zero-order chi connectivity index (χ0) is 13.7. The van der Waals surface area contributed by atoms with Gasteiger partial charge in [-0.15, -0.1) is 0 Å². The third-order valence-corrected chi connectivity index (χ3v) is 3.43. The second-order valence-corrected chi connectivity index (χ2v) is 4.53. The van der Waals surface area contributed by atoms with Crippen molar-refractivity contribution in [2.24, 2.45) is 0 Å². The maximum Gasteiger partial charge on any atom is 0.267 e. The van der Waals surface area contributed by atoms with Gasteiger partial charge in [-0.2, -0.15) is 0 Å². The maximum absolute atomic E-state index is 12.1. The highest BCUT2D eigenvalue weighted by Crippen LogP contribution is 2.28. The summed E-state index contributed by atoms with van der Waals surface area (Å²) in [4.78, 5) is 34.1. The lowest BCUT2D eigenvalue weighted by molar-refractivity contribution is -0.126. The Kier molecular flexibility index (Phi) is 4.41. The Labute approximate surface area is 111 Å². The van der Waals surface area contributed by atoms with Gasteiger partial charge >= 0.3 is 0 Å². The average Bonchev–Trinajstić information content (AvgIpc) is 2.49. The number of amides is 3. The summed E-state index contributed by atoms with van der Waals surface area (Å²) < 4.78 is 0. The van der Waals surface area contributed by atoms with E-state index in [4.69, 9.17) is 0 Å². The molecule has 2 rings (SSSR count). The summed E-state index contributed by atoms with van der Waals surface area (Å²) in [6.07, 6.45) is 2.39. The molecular formula is C14H16N2O3. The van der Waals surface area contributed by atoms with Gasteiger partial charge < -0.3 is 5.32 Å². The molecule has 0 unspecified atom stereocenters. The molecule has 0 saturated carbocycles. The zero-order valence-corrected chi connectivity index (χ0v) is 10.5. The molecule has 5 heteroatoms. The van der Waals surface area contributed by atoms with E-state index in [1.165, 1.54) is 0 Å². The van der Waals surface area contributed by atoms with Crippen molar-refractivity contribution in [1.82, 2.24) is 10.2 Å². The van der Waals surface area contributed by atoms with Crippen LogP contribution in [0.1, 0.15) is 34.7 Å². The number of carbonyl (C=O) groups excluding carboxylic acids is 3. The molecule has 0 atom stereocenters. The lowest BCUT2D eigenvalue weighted by atomic mass is 9.87. The van der Waals surface area contributed by atoms with E-state index in [0.29, 0.717) is 16.4 Å². The lowest BCUT2D eigenvalue weighted by Crippen LogP contribution is -2.31. The van der Waals surface area contributed by atoms with Crippen LogP contribution in [0.25, 0.3) is 0 Å². The van der Waals surface area contributed by atoms with Crippen molar-refractivity contribution in [3.05, 3.63) is 35.4 Å². The molecule has 0 spiro atoms. The van der Waals surface area contributed by atoms with Crippen molar-refractivity contribution in [3.63, 3.8) is 0 Å².